The minimum Gasteiger partial charge on any atom is -0.465 e. The molecule has 0 radical (unpaired) electrons. The van der Waals surface area contributed by atoms with E-state index < -0.39 is 47.3 Å². The van der Waals surface area contributed by atoms with Gasteiger partial charge in [0, 0.05) is 6.42 Å². The molecule has 0 aliphatic rings. The van der Waals surface area contributed by atoms with E-state index in [9.17, 15) is 26.4 Å². The van der Waals surface area contributed by atoms with E-state index in [4.69, 9.17) is 0 Å². The number of hydrogen-bond acceptors (Lipinski definition) is 4. The molecule has 102 valence electrons. The average Bonchev–Trinajstić information content (AvgIpc) is 2.13. The van der Waals surface area contributed by atoms with Gasteiger partial charge < -0.3 is 4.74 Å². The topological polar surface area (TPSA) is 72.5 Å². The number of ether oxygens (including phenoxy) is 1. The zero-order chi connectivity index (χ0) is 13.5. The number of sulfonamides is 1. The van der Waals surface area contributed by atoms with Crippen LogP contribution in [-0.4, -0.2) is 39.5 Å². The SMILES string of the molecule is CCOC(=O)CNS(=O)(=O)CCCC(F)(F)F. The van der Waals surface area contributed by atoms with E-state index in [1.165, 1.54) is 0 Å². The second-order valence-corrected chi connectivity index (χ2v) is 5.09. The maximum Gasteiger partial charge on any atom is 0.389 e. The largest absolute Gasteiger partial charge is 0.465 e. The highest BCUT2D eigenvalue weighted by molar-refractivity contribution is 7.89. The minimum atomic E-state index is -4.38. The van der Waals surface area contributed by atoms with Gasteiger partial charge in [0.15, 0.2) is 0 Å². The molecule has 0 amide bonds. The summed E-state index contributed by atoms with van der Waals surface area (Å²) in [4.78, 5) is 10.8. The van der Waals surface area contributed by atoms with Gasteiger partial charge in [-0.15, -0.1) is 0 Å². The number of alkyl halides is 3. The van der Waals surface area contributed by atoms with Gasteiger partial charge in [-0.1, -0.05) is 0 Å². The van der Waals surface area contributed by atoms with Crippen molar-refractivity contribution in [2.45, 2.75) is 25.9 Å². The molecule has 0 aromatic heterocycles. The molecule has 5 nitrogen and oxygen atoms in total. The van der Waals surface area contributed by atoms with Crippen molar-refractivity contribution in [3.8, 4) is 0 Å². The van der Waals surface area contributed by atoms with E-state index >= 15 is 0 Å². The first kappa shape index (κ1) is 16.2. The van der Waals surface area contributed by atoms with E-state index in [1.54, 1.807) is 6.92 Å². The van der Waals surface area contributed by atoms with Gasteiger partial charge in [-0.3, -0.25) is 4.79 Å². The lowest BCUT2D eigenvalue weighted by Gasteiger charge is -2.07. The molecule has 0 spiro atoms. The van der Waals surface area contributed by atoms with Gasteiger partial charge >= 0.3 is 12.1 Å². The third-order valence-corrected chi connectivity index (χ3v) is 3.03. The Balaban J connectivity index is 3.93. The quantitative estimate of drug-likeness (QED) is 0.699. The molecule has 0 aliphatic carbocycles. The smallest absolute Gasteiger partial charge is 0.389 e. The van der Waals surface area contributed by atoms with Crippen molar-refractivity contribution in [1.29, 1.82) is 0 Å². The van der Waals surface area contributed by atoms with Crippen molar-refractivity contribution in [1.82, 2.24) is 4.72 Å². The fourth-order valence-electron chi connectivity index (χ4n) is 0.916. The van der Waals surface area contributed by atoms with Crippen LogP contribution in [-0.2, 0) is 19.6 Å². The maximum absolute atomic E-state index is 11.8. The van der Waals surface area contributed by atoms with Crippen molar-refractivity contribution in [3.05, 3.63) is 0 Å². The second kappa shape index (κ2) is 6.80. The molecule has 0 bridgehead atoms. The predicted molar refractivity (Wildman–Crippen MR) is 53.7 cm³/mol. The summed E-state index contributed by atoms with van der Waals surface area (Å²) in [5.74, 6) is -1.45. The van der Waals surface area contributed by atoms with E-state index in [1.807, 2.05) is 4.72 Å². The predicted octanol–water partition coefficient (Wildman–Crippen LogP) is 0.811. The Morgan fingerprint density at radius 1 is 1.35 bits per heavy atom. The normalized spacial score (nSPS) is 12.5. The summed E-state index contributed by atoms with van der Waals surface area (Å²) in [6.07, 6.45) is -6.09. The highest BCUT2D eigenvalue weighted by Crippen LogP contribution is 2.21. The summed E-state index contributed by atoms with van der Waals surface area (Å²) in [5, 5.41) is 0. The lowest BCUT2D eigenvalue weighted by Crippen LogP contribution is -2.32. The standard InChI is InChI=1S/C8H14F3NO4S/c1-2-16-7(13)6-12-17(14,15)5-3-4-8(9,10)11/h12H,2-6H2,1H3. The summed E-state index contributed by atoms with van der Waals surface area (Å²) in [5.41, 5.74) is 0. The number of carbonyl (C=O) groups excluding carboxylic acids is 1. The van der Waals surface area contributed by atoms with Crippen molar-refractivity contribution >= 4 is 16.0 Å². The maximum atomic E-state index is 11.8. The lowest BCUT2D eigenvalue weighted by molar-refractivity contribution is -0.141. The second-order valence-electron chi connectivity index (χ2n) is 3.16. The van der Waals surface area contributed by atoms with Gasteiger partial charge in [-0.2, -0.15) is 13.2 Å². The molecule has 9 heteroatoms. The molecule has 0 atom stereocenters. The van der Waals surface area contributed by atoms with Gasteiger partial charge in [0.05, 0.1) is 12.4 Å². The van der Waals surface area contributed by atoms with E-state index in [-0.39, 0.29) is 6.61 Å². The first-order valence-electron chi connectivity index (χ1n) is 4.86. The molecule has 0 heterocycles. The molecule has 0 unspecified atom stereocenters. The number of esters is 1. The first-order chi connectivity index (χ1) is 7.66. The van der Waals surface area contributed by atoms with E-state index in [0.29, 0.717) is 0 Å². The molecular weight excluding hydrogens is 263 g/mol. The van der Waals surface area contributed by atoms with Crippen LogP contribution in [0.25, 0.3) is 0 Å². The Kier molecular flexibility index (Phi) is 6.46. The molecule has 0 rings (SSSR count). The lowest BCUT2D eigenvalue weighted by atomic mass is 10.3. The molecule has 0 aliphatic heterocycles. The Morgan fingerprint density at radius 2 is 1.94 bits per heavy atom. The van der Waals surface area contributed by atoms with E-state index in [0.717, 1.165) is 0 Å². The molecular formula is C8H14F3NO4S. The van der Waals surface area contributed by atoms with Gasteiger partial charge in [0.1, 0.15) is 6.54 Å². The number of nitrogens with one attached hydrogen (secondary N) is 1. The highest BCUT2D eigenvalue weighted by atomic mass is 32.2. The van der Waals surface area contributed by atoms with Crippen LogP contribution < -0.4 is 4.72 Å². The summed E-state index contributed by atoms with van der Waals surface area (Å²) in [6.45, 7) is 1.09. The molecule has 0 aromatic carbocycles. The van der Waals surface area contributed by atoms with Crippen LogP contribution in [0, 0.1) is 0 Å². The van der Waals surface area contributed by atoms with Gasteiger partial charge in [-0.05, 0) is 13.3 Å². The fraction of sp³-hybridized carbons (Fsp3) is 0.875. The number of halogens is 3. The van der Waals surface area contributed by atoms with Crippen LogP contribution in [0.5, 0.6) is 0 Å². The van der Waals surface area contributed by atoms with Crippen molar-refractivity contribution in [2.24, 2.45) is 0 Å². The zero-order valence-corrected chi connectivity index (χ0v) is 10.0. The Morgan fingerprint density at radius 3 is 2.41 bits per heavy atom. The molecule has 17 heavy (non-hydrogen) atoms. The van der Waals surface area contributed by atoms with Crippen LogP contribution in [0.4, 0.5) is 13.2 Å². The zero-order valence-electron chi connectivity index (χ0n) is 9.21. The summed E-state index contributed by atoms with van der Waals surface area (Å²) >= 11 is 0. The Bertz CT molecular complexity index is 339. The fourth-order valence-corrected chi connectivity index (χ4v) is 1.92. The molecule has 1 N–H and O–H groups in total. The highest BCUT2D eigenvalue weighted by Gasteiger charge is 2.27. The van der Waals surface area contributed by atoms with Crippen molar-refractivity contribution in [2.75, 3.05) is 18.9 Å². The number of hydrogen-bond donors (Lipinski definition) is 1. The van der Waals surface area contributed by atoms with Crippen LogP contribution >= 0.6 is 0 Å². The third-order valence-electron chi connectivity index (χ3n) is 1.62. The number of rotatable bonds is 7. The van der Waals surface area contributed by atoms with Crippen LogP contribution in [0.3, 0.4) is 0 Å². The molecule has 0 aromatic rings. The Labute approximate surface area is 97.4 Å². The van der Waals surface area contributed by atoms with Crippen LogP contribution in [0.1, 0.15) is 19.8 Å². The first-order valence-corrected chi connectivity index (χ1v) is 6.51. The molecule has 0 fully saturated rings. The van der Waals surface area contributed by atoms with Crippen LogP contribution in [0.2, 0.25) is 0 Å². The Hall–Kier alpha value is -0.830. The van der Waals surface area contributed by atoms with Crippen LogP contribution in [0.15, 0.2) is 0 Å². The average molecular weight is 277 g/mol. The van der Waals surface area contributed by atoms with Gasteiger partial charge in [0.2, 0.25) is 10.0 Å². The van der Waals surface area contributed by atoms with Crippen molar-refractivity contribution < 1.29 is 31.1 Å². The summed E-state index contributed by atoms with van der Waals surface area (Å²) in [7, 11) is -3.87. The van der Waals surface area contributed by atoms with Crippen molar-refractivity contribution in [3.63, 3.8) is 0 Å². The van der Waals surface area contributed by atoms with Gasteiger partial charge in [-0.25, -0.2) is 13.1 Å². The third kappa shape index (κ3) is 10.1. The van der Waals surface area contributed by atoms with Gasteiger partial charge in [0.25, 0.3) is 0 Å². The monoisotopic (exact) mass is 277 g/mol. The molecule has 0 saturated carbocycles. The summed E-state index contributed by atoms with van der Waals surface area (Å²) < 4.78 is 63.9. The van der Waals surface area contributed by atoms with E-state index in [2.05, 4.69) is 4.74 Å². The molecule has 0 saturated heterocycles. The summed E-state index contributed by atoms with van der Waals surface area (Å²) in [6, 6.07) is 0. The number of carbonyl (C=O) groups is 1. The minimum absolute atomic E-state index is 0.106.